The Morgan fingerprint density at radius 3 is 2.38 bits per heavy atom. The minimum Gasteiger partial charge on any atom is -0.444 e. The number of amides is 1. The van der Waals surface area contributed by atoms with Crippen LogP contribution in [0.4, 0.5) is 4.79 Å². The maximum atomic E-state index is 12.1. The molecule has 1 aromatic rings. The van der Waals surface area contributed by atoms with Gasteiger partial charge in [0, 0.05) is 31.6 Å². The van der Waals surface area contributed by atoms with E-state index in [0.717, 1.165) is 29.6 Å². The van der Waals surface area contributed by atoms with Gasteiger partial charge >= 0.3 is 6.09 Å². The highest BCUT2D eigenvalue weighted by molar-refractivity contribution is 14.0. The third kappa shape index (κ3) is 10.5. The molecule has 0 aliphatic carbocycles. The largest absolute Gasteiger partial charge is 0.444 e. The molecular formula is C20H38IN5O2S. The summed E-state index contributed by atoms with van der Waals surface area (Å²) in [4.78, 5) is 24.3. The molecule has 0 aliphatic rings. The zero-order chi connectivity index (χ0) is 21.5. The van der Waals surface area contributed by atoms with Crippen LogP contribution in [0, 0.1) is 19.8 Å². The average Bonchev–Trinajstić information content (AvgIpc) is 2.88. The smallest absolute Gasteiger partial charge is 0.407 e. The van der Waals surface area contributed by atoms with Crippen molar-refractivity contribution in [1.29, 1.82) is 0 Å². The maximum absolute atomic E-state index is 12.1. The van der Waals surface area contributed by atoms with Crippen molar-refractivity contribution in [3.8, 4) is 0 Å². The van der Waals surface area contributed by atoms with Gasteiger partial charge in [-0.1, -0.05) is 13.8 Å². The number of aliphatic imine (C=N–C) groups is 1. The van der Waals surface area contributed by atoms with Gasteiger partial charge in [0.25, 0.3) is 0 Å². The highest BCUT2D eigenvalue weighted by atomic mass is 127. The Balaban J connectivity index is 0.00000784. The Morgan fingerprint density at radius 1 is 1.31 bits per heavy atom. The molecule has 0 aromatic carbocycles. The molecule has 1 unspecified atom stereocenters. The van der Waals surface area contributed by atoms with Crippen LogP contribution in [0.25, 0.3) is 0 Å². The van der Waals surface area contributed by atoms with Gasteiger partial charge in [-0.3, -0.25) is 4.99 Å². The van der Waals surface area contributed by atoms with Crippen LogP contribution in [-0.4, -0.2) is 54.2 Å². The Labute approximate surface area is 197 Å². The standard InChI is InChI=1S/C20H37N5O2S.HI/c1-13(2)16(24-19(26)27-20(5,6)7)10-11-25(9)18(21-8)22-12-17-23-14(3)15(4)28-17;/h13,16H,10-12H2,1-9H3,(H,21,22)(H,24,26);1H. The molecule has 1 rings (SSSR count). The lowest BCUT2D eigenvalue weighted by Gasteiger charge is -2.28. The Morgan fingerprint density at radius 2 is 1.93 bits per heavy atom. The number of hydrogen-bond donors (Lipinski definition) is 2. The Bertz CT molecular complexity index is 651. The van der Waals surface area contributed by atoms with Gasteiger partial charge in [0.2, 0.25) is 0 Å². The van der Waals surface area contributed by atoms with Crippen LogP contribution >= 0.6 is 35.3 Å². The van der Waals surface area contributed by atoms with Gasteiger partial charge in [0.05, 0.1) is 12.2 Å². The van der Waals surface area contributed by atoms with E-state index in [0.29, 0.717) is 12.5 Å². The molecule has 0 spiro atoms. The summed E-state index contributed by atoms with van der Waals surface area (Å²) in [5.41, 5.74) is 0.582. The fraction of sp³-hybridized carbons (Fsp3) is 0.750. The zero-order valence-electron chi connectivity index (χ0n) is 19.3. The molecule has 1 atom stereocenters. The van der Waals surface area contributed by atoms with E-state index >= 15 is 0 Å². The summed E-state index contributed by atoms with van der Waals surface area (Å²) in [6, 6.07) is 0.0275. The molecule has 168 valence electrons. The number of rotatable bonds is 7. The van der Waals surface area contributed by atoms with Gasteiger partial charge in [0.1, 0.15) is 10.6 Å². The second-order valence-corrected chi connectivity index (χ2v) is 9.64. The molecular weight excluding hydrogens is 501 g/mol. The number of aromatic nitrogens is 1. The zero-order valence-corrected chi connectivity index (χ0v) is 22.4. The summed E-state index contributed by atoms with van der Waals surface area (Å²) in [6.45, 7) is 15.3. The first-order chi connectivity index (χ1) is 12.9. The van der Waals surface area contributed by atoms with Gasteiger partial charge in [-0.05, 0) is 47.0 Å². The number of alkyl carbamates (subject to hydrolysis) is 1. The number of nitrogens with zero attached hydrogens (tertiary/aromatic N) is 3. The first-order valence-electron chi connectivity index (χ1n) is 9.77. The van der Waals surface area contributed by atoms with Crippen molar-refractivity contribution in [3.05, 3.63) is 15.6 Å². The second-order valence-electron chi connectivity index (χ2n) is 8.36. The van der Waals surface area contributed by atoms with Crippen LogP contribution in [0.1, 0.15) is 56.6 Å². The summed E-state index contributed by atoms with van der Waals surface area (Å²) in [7, 11) is 3.77. The average molecular weight is 540 g/mol. The number of carbonyl (C=O) groups is 1. The van der Waals surface area contributed by atoms with Crippen LogP contribution in [-0.2, 0) is 11.3 Å². The molecule has 1 aromatic heterocycles. The van der Waals surface area contributed by atoms with E-state index in [4.69, 9.17) is 4.74 Å². The second kappa shape index (κ2) is 12.6. The highest BCUT2D eigenvalue weighted by Crippen LogP contribution is 2.16. The van der Waals surface area contributed by atoms with Crippen LogP contribution < -0.4 is 10.6 Å². The van der Waals surface area contributed by atoms with Crippen molar-refractivity contribution >= 4 is 47.4 Å². The third-order valence-electron chi connectivity index (χ3n) is 4.33. The number of aryl methyl sites for hydroxylation is 2. The van der Waals surface area contributed by atoms with Gasteiger partial charge in [-0.2, -0.15) is 0 Å². The number of carbonyl (C=O) groups excluding carboxylic acids is 1. The summed E-state index contributed by atoms with van der Waals surface area (Å²) < 4.78 is 5.39. The van der Waals surface area contributed by atoms with Gasteiger partial charge in [0.15, 0.2) is 5.96 Å². The van der Waals surface area contributed by atoms with Crippen molar-refractivity contribution in [3.63, 3.8) is 0 Å². The fourth-order valence-corrected chi connectivity index (χ4v) is 3.50. The van der Waals surface area contributed by atoms with E-state index in [1.165, 1.54) is 4.88 Å². The van der Waals surface area contributed by atoms with Crippen molar-refractivity contribution < 1.29 is 9.53 Å². The van der Waals surface area contributed by atoms with E-state index in [1.54, 1.807) is 18.4 Å². The molecule has 1 heterocycles. The fourth-order valence-electron chi connectivity index (χ4n) is 2.62. The van der Waals surface area contributed by atoms with Gasteiger partial charge in [-0.15, -0.1) is 35.3 Å². The molecule has 0 aliphatic heterocycles. The summed E-state index contributed by atoms with van der Waals surface area (Å²) in [5, 5.41) is 7.41. The number of hydrogen-bond acceptors (Lipinski definition) is 5. The molecule has 2 N–H and O–H groups in total. The van der Waals surface area contributed by atoms with Gasteiger partial charge in [-0.25, -0.2) is 9.78 Å². The number of thiazole rings is 1. The molecule has 0 bridgehead atoms. The number of halogens is 1. The number of guanidine groups is 1. The van der Waals surface area contributed by atoms with Crippen molar-refractivity contribution in [2.45, 2.75) is 73.1 Å². The first-order valence-corrected chi connectivity index (χ1v) is 10.6. The summed E-state index contributed by atoms with van der Waals surface area (Å²) in [5.74, 6) is 1.11. The predicted octanol–water partition coefficient (Wildman–Crippen LogP) is 4.32. The monoisotopic (exact) mass is 539 g/mol. The van der Waals surface area contributed by atoms with E-state index in [9.17, 15) is 4.79 Å². The van der Waals surface area contributed by atoms with E-state index < -0.39 is 5.60 Å². The lowest BCUT2D eigenvalue weighted by atomic mass is 10.0. The molecule has 0 radical (unpaired) electrons. The van der Waals surface area contributed by atoms with E-state index in [2.05, 4.69) is 46.3 Å². The number of ether oxygens (including phenoxy) is 1. The molecule has 1 amide bonds. The highest BCUT2D eigenvalue weighted by Gasteiger charge is 2.22. The molecule has 0 fully saturated rings. The molecule has 7 nitrogen and oxygen atoms in total. The van der Waals surface area contributed by atoms with E-state index in [-0.39, 0.29) is 36.1 Å². The molecule has 0 saturated heterocycles. The molecule has 29 heavy (non-hydrogen) atoms. The molecule has 0 saturated carbocycles. The predicted molar refractivity (Wildman–Crippen MR) is 132 cm³/mol. The van der Waals surface area contributed by atoms with Crippen molar-refractivity contribution in [1.82, 2.24) is 20.5 Å². The molecule has 9 heteroatoms. The summed E-state index contributed by atoms with van der Waals surface area (Å²) >= 11 is 1.70. The van der Waals surface area contributed by atoms with E-state index in [1.807, 2.05) is 34.7 Å². The van der Waals surface area contributed by atoms with Gasteiger partial charge < -0.3 is 20.3 Å². The topological polar surface area (TPSA) is 78.9 Å². The van der Waals surface area contributed by atoms with Crippen LogP contribution in [0.5, 0.6) is 0 Å². The Kier molecular flexibility index (Phi) is 12.1. The normalized spacial score (nSPS) is 13.0. The maximum Gasteiger partial charge on any atom is 0.407 e. The minimum absolute atomic E-state index is 0. The summed E-state index contributed by atoms with van der Waals surface area (Å²) in [6.07, 6.45) is 0.426. The van der Waals surface area contributed by atoms with Crippen LogP contribution in [0.3, 0.4) is 0 Å². The minimum atomic E-state index is -0.499. The quantitative estimate of drug-likeness (QED) is 0.307. The van der Waals surface area contributed by atoms with Crippen molar-refractivity contribution in [2.75, 3.05) is 20.6 Å². The van der Waals surface area contributed by atoms with Crippen molar-refractivity contribution in [2.24, 2.45) is 10.9 Å². The SMILES string of the molecule is CN=C(NCc1nc(C)c(C)s1)N(C)CCC(NC(=O)OC(C)(C)C)C(C)C.I. The number of nitrogens with one attached hydrogen (secondary N) is 2. The lowest BCUT2D eigenvalue weighted by Crippen LogP contribution is -2.45. The lowest BCUT2D eigenvalue weighted by molar-refractivity contribution is 0.0486. The first kappa shape index (κ1) is 27.9. The van der Waals surface area contributed by atoms with Crippen LogP contribution in [0.2, 0.25) is 0 Å². The third-order valence-corrected chi connectivity index (χ3v) is 5.40. The van der Waals surface area contributed by atoms with Crippen LogP contribution in [0.15, 0.2) is 4.99 Å². The Hall–Kier alpha value is -1.10.